The van der Waals surface area contributed by atoms with E-state index in [0.717, 1.165) is 31.9 Å². The number of hydrogen-bond donors (Lipinski definition) is 2. The molecule has 0 aliphatic carbocycles. The van der Waals surface area contributed by atoms with Crippen molar-refractivity contribution in [1.82, 2.24) is 34.3 Å². The Balaban J connectivity index is 1.34. The van der Waals surface area contributed by atoms with Gasteiger partial charge in [-0.25, -0.2) is 4.98 Å². The second-order valence-corrected chi connectivity index (χ2v) is 12.2. The van der Waals surface area contributed by atoms with Gasteiger partial charge in [-0.15, -0.1) is 0 Å². The SMILES string of the molecule is CN(C)CCn1c(=O)c(-c2nc([S+]([O-])c3ccccc3)cn2C)cc2cnc(Nc3ccc(N4CCNCC4)cc3)nc21. The Morgan fingerprint density at radius 1 is 1.05 bits per heavy atom. The summed E-state index contributed by atoms with van der Waals surface area (Å²) in [6.07, 6.45) is 3.43. The molecule has 0 spiro atoms. The highest BCUT2D eigenvalue weighted by Crippen LogP contribution is 2.26. The molecule has 5 aromatic rings. The molecule has 1 unspecified atom stereocenters. The van der Waals surface area contributed by atoms with Gasteiger partial charge < -0.3 is 29.6 Å². The number of piperazine rings is 1. The van der Waals surface area contributed by atoms with Crippen molar-refractivity contribution in [3.05, 3.63) is 83.4 Å². The largest absolute Gasteiger partial charge is 0.605 e. The van der Waals surface area contributed by atoms with E-state index in [2.05, 4.69) is 37.6 Å². The normalized spacial score (nSPS) is 14.4. The molecule has 1 atom stereocenters. The molecule has 11 nitrogen and oxygen atoms in total. The Labute approximate surface area is 253 Å². The predicted molar refractivity (Wildman–Crippen MR) is 170 cm³/mol. The topological polar surface area (TPSA) is 119 Å². The molecule has 12 heteroatoms. The number of likely N-dealkylation sites (N-methyl/N-ethyl adjacent to an activating group) is 1. The van der Waals surface area contributed by atoms with Crippen LogP contribution in [0.5, 0.6) is 0 Å². The van der Waals surface area contributed by atoms with Crippen molar-refractivity contribution in [2.75, 3.05) is 57.0 Å². The summed E-state index contributed by atoms with van der Waals surface area (Å²) in [6, 6.07) is 19.2. The van der Waals surface area contributed by atoms with E-state index < -0.39 is 11.2 Å². The smallest absolute Gasteiger partial charge is 0.268 e. The van der Waals surface area contributed by atoms with Crippen molar-refractivity contribution >= 4 is 39.5 Å². The van der Waals surface area contributed by atoms with E-state index in [1.807, 2.05) is 49.3 Å². The molecule has 4 heterocycles. The van der Waals surface area contributed by atoms with Gasteiger partial charge in [0.2, 0.25) is 5.95 Å². The summed E-state index contributed by atoms with van der Waals surface area (Å²) in [7, 11) is 5.73. The molecule has 0 saturated carbocycles. The fourth-order valence-electron chi connectivity index (χ4n) is 5.14. The number of aryl methyl sites for hydroxylation is 1. The monoisotopic (exact) mass is 597 g/mol. The Morgan fingerprint density at radius 2 is 1.79 bits per heavy atom. The zero-order valence-electron chi connectivity index (χ0n) is 24.5. The highest BCUT2D eigenvalue weighted by Gasteiger charge is 2.23. The molecule has 1 saturated heterocycles. The Kier molecular flexibility index (Phi) is 8.43. The van der Waals surface area contributed by atoms with Gasteiger partial charge in [-0.1, -0.05) is 18.2 Å². The first-order valence-corrected chi connectivity index (χ1v) is 15.4. The maximum Gasteiger partial charge on any atom is 0.268 e. The van der Waals surface area contributed by atoms with E-state index in [4.69, 9.17) is 4.98 Å². The minimum absolute atomic E-state index is 0.217. The van der Waals surface area contributed by atoms with Crippen molar-refractivity contribution in [2.24, 2.45) is 7.05 Å². The van der Waals surface area contributed by atoms with E-state index in [1.165, 1.54) is 5.69 Å². The number of anilines is 3. The number of imidazole rings is 1. The lowest BCUT2D eigenvalue weighted by atomic mass is 10.2. The third-order valence-electron chi connectivity index (χ3n) is 7.45. The van der Waals surface area contributed by atoms with Crippen LogP contribution in [0.3, 0.4) is 0 Å². The zero-order valence-corrected chi connectivity index (χ0v) is 25.3. The third-order valence-corrected chi connectivity index (χ3v) is 8.72. The summed E-state index contributed by atoms with van der Waals surface area (Å²) in [5.41, 5.74) is 2.77. The summed E-state index contributed by atoms with van der Waals surface area (Å²) >= 11 is -1.47. The summed E-state index contributed by atoms with van der Waals surface area (Å²) in [5, 5.41) is 7.78. The summed E-state index contributed by atoms with van der Waals surface area (Å²) < 4.78 is 16.6. The molecular formula is C31H35N9O2S. The van der Waals surface area contributed by atoms with Crippen molar-refractivity contribution in [1.29, 1.82) is 0 Å². The first kappa shape index (κ1) is 28.9. The fourth-order valence-corrected chi connectivity index (χ4v) is 6.21. The number of pyridine rings is 1. The van der Waals surface area contributed by atoms with E-state index in [9.17, 15) is 9.35 Å². The van der Waals surface area contributed by atoms with Crippen molar-refractivity contribution in [3.8, 4) is 11.4 Å². The van der Waals surface area contributed by atoms with Gasteiger partial charge in [0.1, 0.15) is 5.65 Å². The van der Waals surface area contributed by atoms with Crippen LogP contribution in [0.15, 0.2) is 87.8 Å². The number of benzene rings is 2. The predicted octanol–water partition coefficient (Wildman–Crippen LogP) is 3.07. The van der Waals surface area contributed by atoms with Crippen LogP contribution in [0.2, 0.25) is 0 Å². The Morgan fingerprint density at radius 3 is 2.51 bits per heavy atom. The molecule has 3 aromatic heterocycles. The van der Waals surface area contributed by atoms with Crippen LogP contribution in [0, 0.1) is 0 Å². The number of nitrogens with one attached hydrogen (secondary N) is 2. The van der Waals surface area contributed by atoms with Crippen LogP contribution in [0.4, 0.5) is 17.3 Å². The number of rotatable bonds is 9. The van der Waals surface area contributed by atoms with Crippen LogP contribution in [0.25, 0.3) is 22.4 Å². The van der Waals surface area contributed by atoms with Crippen LogP contribution < -0.4 is 21.1 Å². The molecule has 1 fully saturated rings. The first-order chi connectivity index (χ1) is 20.9. The molecule has 1 aliphatic rings. The minimum atomic E-state index is -1.47. The fraction of sp³-hybridized carbons (Fsp3) is 0.290. The number of fused-ring (bicyclic) bond motifs is 1. The van der Waals surface area contributed by atoms with Crippen LogP contribution in [-0.2, 0) is 24.8 Å². The van der Waals surface area contributed by atoms with Gasteiger partial charge in [-0.05, 0) is 56.6 Å². The van der Waals surface area contributed by atoms with Crippen LogP contribution >= 0.6 is 0 Å². The minimum Gasteiger partial charge on any atom is -0.605 e. The Hall–Kier alpha value is -4.23. The van der Waals surface area contributed by atoms with Gasteiger partial charge in [0.15, 0.2) is 10.7 Å². The van der Waals surface area contributed by atoms with Crippen LogP contribution in [-0.4, -0.2) is 80.4 Å². The van der Waals surface area contributed by atoms with E-state index in [-0.39, 0.29) is 5.56 Å². The molecular weight excluding hydrogens is 562 g/mol. The van der Waals surface area contributed by atoms with Gasteiger partial charge in [-0.3, -0.25) is 9.36 Å². The van der Waals surface area contributed by atoms with E-state index in [1.54, 1.807) is 46.8 Å². The molecule has 2 aromatic carbocycles. The molecule has 6 rings (SSSR count). The Bertz CT molecular complexity index is 1760. The highest BCUT2D eigenvalue weighted by atomic mass is 32.2. The average molecular weight is 598 g/mol. The van der Waals surface area contributed by atoms with Gasteiger partial charge in [-0.2, -0.15) is 9.97 Å². The van der Waals surface area contributed by atoms with Crippen molar-refractivity contribution in [2.45, 2.75) is 16.5 Å². The van der Waals surface area contributed by atoms with Gasteiger partial charge in [0.25, 0.3) is 10.6 Å². The van der Waals surface area contributed by atoms with E-state index >= 15 is 0 Å². The number of nitrogens with zero attached hydrogens (tertiary/aromatic N) is 7. The highest BCUT2D eigenvalue weighted by molar-refractivity contribution is 7.91. The van der Waals surface area contributed by atoms with E-state index in [0.29, 0.717) is 51.4 Å². The first-order valence-electron chi connectivity index (χ1n) is 14.3. The molecule has 0 radical (unpaired) electrons. The maximum absolute atomic E-state index is 14.0. The molecule has 0 amide bonds. The summed E-state index contributed by atoms with van der Waals surface area (Å²) in [4.78, 5) is 33.0. The second-order valence-electron chi connectivity index (χ2n) is 10.8. The van der Waals surface area contributed by atoms with Gasteiger partial charge in [0, 0.05) is 80.4 Å². The molecule has 222 valence electrons. The molecule has 43 heavy (non-hydrogen) atoms. The lowest BCUT2D eigenvalue weighted by molar-refractivity contribution is 0.384. The van der Waals surface area contributed by atoms with Gasteiger partial charge in [0.05, 0.1) is 11.8 Å². The summed E-state index contributed by atoms with van der Waals surface area (Å²) in [5.74, 6) is 0.849. The quantitative estimate of drug-likeness (QED) is 0.247. The van der Waals surface area contributed by atoms with Crippen LogP contribution in [0.1, 0.15) is 0 Å². The van der Waals surface area contributed by atoms with Crippen molar-refractivity contribution < 1.29 is 4.55 Å². The third kappa shape index (κ3) is 6.27. The van der Waals surface area contributed by atoms with Gasteiger partial charge >= 0.3 is 0 Å². The lowest BCUT2D eigenvalue weighted by Gasteiger charge is -2.29. The number of hydrogen-bond acceptors (Lipinski definition) is 9. The summed E-state index contributed by atoms with van der Waals surface area (Å²) in [6.45, 7) is 5.00. The lowest BCUT2D eigenvalue weighted by Crippen LogP contribution is -2.43. The molecule has 1 aliphatic heterocycles. The second kappa shape index (κ2) is 12.6. The van der Waals surface area contributed by atoms with Crippen molar-refractivity contribution in [3.63, 3.8) is 0 Å². The molecule has 0 bridgehead atoms. The molecule has 2 N–H and O–H groups in total. The number of aromatic nitrogens is 5. The zero-order chi connectivity index (χ0) is 29.9. The maximum atomic E-state index is 14.0. The average Bonchev–Trinajstić information content (AvgIpc) is 3.42. The standard InChI is InChI=1S/C31H35N9O2S/c1-37(2)17-18-40-28-22(20-33-31(36-28)34-23-9-11-24(12-10-23)39-15-13-32-14-16-39)19-26(30(40)41)29-35-27(21-38(29)3)43(42)25-7-5-4-6-8-25/h4-12,19-21,32H,13-18H2,1-3H3,(H,33,34,36).